The molecule has 0 spiro atoms. The SMILES string of the molecule is CN(C)c1cc(CNC(=O)c2cc(Cl)c3c(c2)OCO3)ccn1. The van der Waals surface area contributed by atoms with Crippen LogP contribution in [0, 0.1) is 0 Å². The highest BCUT2D eigenvalue weighted by Gasteiger charge is 2.20. The number of rotatable bonds is 4. The van der Waals surface area contributed by atoms with Gasteiger partial charge in [0.2, 0.25) is 6.79 Å². The van der Waals surface area contributed by atoms with Crippen LogP contribution in [0.3, 0.4) is 0 Å². The third-order valence-corrected chi connectivity index (χ3v) is 3.69. The van der Waals surface area contributed by atoms with Crippen molar-refractivity contribution in [3.05, 3.63) is 46.6 Å². The van der Waals surface area contributed by atoms with E-state index in [1.807, 2.05) is 31.1 Å². The van der Waals surface area contributed by atoms with Gasteiger partial charge in [-0.2, -0.15) is 0 Å². The van der Waals surface area contributed by atoms with E-state index in [2.05, 4.69) is 10.3 Å². The van der Waals surface area contributed by atoms with Crippen LogP contribution >= 0.6 is 11.6 Å². The van der Waals surface area contributed by atoms with Crippen LogP contribution in [-0.2, 0) is 6.54 Å². The molecule has 0 saturated heterocycles. The van der Waals surface area contributed by atoms with Crippen LogP contribution in [0.2, 0.25) is 5.02 Å². The fraction of sp³-hybridized carbons (Fsp3) is 0.250. The number of halogens is 1. The average Bonchev–Trinajstić information content (AvgIpc) is 3.02. The van der Waals surface area contributed by atoms with Gasteiger partial charge in [0.05, 0.1) is 5.02 Å². The third kappa shape index (κ3) is 3.32. The summed E-state index contributed by atoms with van der Waals surface area (Å²) in [7, 11) is 3.83. The van der Waals surface area contributed by atoms with E-state index in [-0.39, 0.29) is 12.7 Å². The van der Waals surface area contributed by atoms with E-state index in [0.717, 1.165) is 11.4 Å². The van der Waals surface area contributed by atoms with E-state index in [1.54, 1.807) is 18.3 Å². The molecule has 1 aromatic carbocycles. The van der Waals surface area contributed by atoms with Crippen molar-refractivity contribution in [3.8, 4) is 11.5 Å². The monoisotopic (exact) mass is 333 g/mol. The van der Waals surface area contributed by atoms with Gasteiger partial charge in [0.1, 0.15) is 5.82 Å². The number of carbonyl (C=O) groups is 1. The molecule has 0 radical (unpaired) electrons. The molecule has 3 rings (SSSR count). The second-order valence-electron chi connectivity index (χ2n) is 5.29. The molecular formula is C16H16ClN3O3. The molecule has 1 aliphatic rings. The van der Waals surface area contributed by atoms with Gasteiger partial charge in [-0.25, -0.2) is 4.98 Å². The van der Waals surface area contributed by atoms with Crippen LogP contribution < -0.4 is 19.7 Å². The molecular weight excluding hydrogens is 318 g/mol. The third-order valence-electron chi connectivity index (χ3n) is 3.41. The lowest BCUT2D eigenvalue weighted by molar-refractivity contribution is 0.0950. The number of amides is 1. The summed E-state index contributed by atoms with van der Waals surface area (Å²) in [6.07, 6.45) is 1.72. The summed E-state index contributed by atoms with van der Waals surface area (Å²) in [6.45, 7) is 0.513. The maximum Gasteiger partial charge on any atom is 0.251 e. The van der Waals surface area contributed by atoms with Gasteiger partial charge in [-0.05, 0) is 29.8 Å². The number of aromatic nitrogens is 1. The lowest BCUT2D eigenvalue weighted by Gasteiger charge is -2.12. The van der Waals surface area contributed by atoms with Gasteiger partial charge in [-0.15, -0.1) is 0 Å². The molecule has 6 nitrogen and oxygen atoms in total. The van der Waals surface area contributed by atoms with E-state index < -0.39 is 0 Å². The van der Waals surface area contributed by atoms with Crippen LogP contribution in [-0.4, -0.2) is 31.8 Å². The first-order valence-corrected chi connectivity index (χ1v) is 7.42. The summed E-state index contributed by atoms with van der Waals surface area (Å²) in [5, 5.41) is 3.22. The molecule has 0 unspecified atom stereocenters. The lowest BCUT2D eigenvalue weighted by atomic mass is 10.1. The van der Waals surface area contributed by atoms with Crippen molar-refractivity contribution in [2.75, 3.05) is 25.8 Å². The number of ether oxygens (including phenoxy) is 2. The zero-order chi connectivity index (χ0) is 16.4. The molecule has 1 aliphatic heterocycles. The Hall–Kier alpha value is -2.47. The summed E-state index contributed by atoms with van der Waals surface area (Å²) >= 11 is 6.09. The van der Waals surface area contributed by atoms with Crippen molar-refractivity contribution in [2.45, 2.75) is 6.54 Å². The fourth-order valence-electron chi connectivity index (χ4n) is 2.20. The van der Waals surface area contributed by atoms with Gasteiger partial charge in [0, 0.05) is 32.4 Å². The molecule has 23 heavy (non-hydrogen) atoms. The van der Waals surface area contributed by atoms with Gasteiger partial charge in [0.25, 0.3) is 5.91 Å². The Morgan fingerprint density at radius 3 is 2.96 bits per heavy atom. The Bertz CT molecular complexity index is 749. The fourth-order valence-corrected chi connectivity index (χ4v) is 2.46. The molecule has 0 atom stereocenters. The van der Waals surface area contributed by atoms with Gasteiger partial charge < -0.3 is 19.7 Å². The molecule has 1 N–H and O–H groups in total. The highest BCUT2D eigenvalue weighted by molar-refractivity contribution is 6.32. The maximum atomic E-state index is 12.3. The molecule has 120 valence electrons. The summed E-state index contributed by atoms with van der Waals surface area (Å²) in [5.41, 5.74) is 1.39. The smallest absolute Gasteiger partial charge is 0.251 e. The Balaban J connectivity index is 1.70. The van der Waals surface area contributed by atoms with Crippen molar-refractivity contribution in [1.29, 1.82) is 0 Å². The molecule has 7 heteroatoms. The van der Waals surface area contributed by atoms with Crippen molar-refractivity contribution in [3.63, 3.8) is 0 Å². The normalized spacial score (nSPS) is 12.1. The highest BCUT2D eigenvalue weighted by Crippen LogP contribution is 2.39. The average molecular weight is 334 g/mol. The van der Waals surface area contributed by atoms with E-state index >= 15 is 0 Å². The minimum atomic E-state index is -0.228. The number of hydrogen-bond acceptors (Lipinski definition) is 5. The van der Waals surface area contributed by atoms with E-state index in [9.17, 15) is 4.79 Å². The van der Waals surface area contributed by atoms with Crippen LogP contribution in [0.15, 0.2) is 30.5 Å². The number of carbonyl (C=O) groups excluding carboxylic acids is 1. The molecule has 0 bridgehead atoms. The van der Waals surface area contributed by atoms with Gasteiger partial charge >= 0.3 is 0 Å². The molecule has 1 amide bonds. The van der Waals surface area contributed by atoms with Crippen molar-refractivity contribution >= 4 is 23.3 Å². The minimum Gasteiger partial charge on any atom is -0.454 e. The number of hydrogen-bond donors (Lipinski definition) is 1. The zero-order valence-electron chi connectivity index (χ0n) is 12.8. The predicted molar refractivity (Wildman–Crippen MR) is 87.3 cm³/mol. The van der Waals surface area contributed by atoms with Crippen molar-refractivity contribution < 1.29 is 14.3 Å². The van der Waals surface area contributed by atoms with E-state index in [4.69, 9.17) is 21.1 Å². The summed E-state index contributed by atoms with van der Waals surface area (Å²) in [5.74, 6) is 1.57. The Morgan fingerprint density at radius 1 is 1.35 bits per heavy atom. The minimum absolute atomic E-state index is 0.116. The first kappa shape index (κ1) is 15.4. The summed E-state index contributed by atoms with van der Waals surface area (Å²) < 4.78 is 10.5. The molecule has 1 aromatic heterocycles. The number of anilines is 1. The van der Waals surface area contributed by atoms with Gasteiger partial charge in [-0.1, -0.05) is 11.6 Å². The predicted octanol–water partition coefficient (Wildman–Crippen LogP) is 2.46. The molecule has 2 heterocycles. The van der Waals surface area contributed by atoms with Gasteiger partial charge in [0.15, 0.2) is 11.5 Å². The maximum absolute atomic E-state index is 12.3. The Morgan fingerprint density at radius 2 is 2.17 bits per heavy atom. The molecule has 0 aliphatic carbocycles. The second-order valence-corrected chi connectivity index (χ2v) is 5.70. The number of benzene rings is 1. The van der Waals surface area contributed by atoms with Gasteiger partial charge in [-0.3, -0.25) is 4.79 Å². The standard InChI is InChI=1S/C16H16ClN3O3/c1-20(2)14-5-10(3-4-18-14)8-19-16(21)11-6-12(17)15-13(7-11)22-9-23-15/h3-7H,8-9H2,1-2H3,(H,19,21). The first-order valence-electron chi connectivity index (χ1n) is 7.04. The van der Waals surface area contributed by atoms with Crippen LogP contribution in [0.1, 0.15) is 15.9 Å². The van der Waals surface area contributed by atoms with Crippen molar-refractivity contribution in [2.24, 2.45) is 0 Å². The van der Waals surface area contributed by atoms with Crippen LogP contribution in [0.25, 0.3) is 0 Å². The number of fused-ring (bicyclic) bond motifs is 1. The topological polar surface area (TPSA) is 63.7 Å². The first-order chi connectivity index (χ1) is 11.0. The van der Waals surface area contributed by atoms with Crippen LogP contribution in [0.4, 0.5) is 5.82 Å². The zero-order valence-corrected chi connectivity index (χ0v) is 13.6. The Kier molecular flexibility index (Phi) is 4.25. The largest absolute Gasteiger partial charge is 0.454 e. The summed E-state index contributed by atoms with van der Waals surface area (Å²) in [6, 6.07) is 6.98. The number of pyridine rings is 1. The number of nitrogens with one attached hydrogen (secondary N) is 1. The summed E-state index contributed by atoms with van der Waals surface area (Å²) in [4.78, 5) is 18.4. The second kappa shape index (κ2) is 6.34. The molecule has 2 aromatic rings. The molecule has 0 fully saturated rings. The van der Waals surface area contributed by atoms with Crippen molar-refractivity contribution in [1.82, 2.24) is 10.3 Å². The Labute approximate surface area is 139 Å². The quantitative estimate of drug-likeness (QED) is 0.931. The lowest BCUT2D eigenvalue weighted by Crippen LogP contribution is -2.23. The number of nitrogens with zero attached hydrogens (tertiary/aromatic N) is 2. The van der Waals surface area contributed by atoms with Crippen LogP contribution in [0.5, 0.6) is 11.5 Å². The highest BCUT2D eigenvalue weighted by atomic mass is 35.5. The molecule has 0 saturated carbocycles. The van der Waals surface area contributed by atoms with E-state index in [0.29, 0.717) is 28.6 Å². The van der Waals surface area contributed by atoms with E-state index in [1.165, 1.54) is 0 Å².